The molecule has 5 rings (SSSR count). The van der Waals surface area contributed by atoms with Crippen LogP contribution in [0, 0.1) is 0 Å². The van der Waals surface area contributed by atoms with Gasteiger partial charge in [0.1, 0.15) is 23.3 Å². The highest BCUT2D eigenvalue weighted by atomic mass is 32.1. The first-order chi connectivity index (χ1) is 20.2. The van der Waals surface area contributed by atoms with Crippen LogP contribution >= 0.6 is 11.3 Å². The van der Waals surface area contributed by atoms with Gasteiger partial charge in [0.25, 0.3) is 5.56 Å². The maximum atomic E-state index is 14.0. The van der Waals surface area contributed by atoms with Gasteiger partial charge in [-0.25, -0.2) is 14.6 Å². The summed E-state index contributed by atoms with van der Waals surface area (Å²) < 4.78 is 24.2. The Morgan fingerprint density at radius 3 is 2.62 bits per heavy atom. The van der Waals surface area contributed by atoms with Crippen molar-refractivity contribution in [2.75, 3.05) is 13.7 Å². The highest BCUT2D eigenvalue weighted by Gasteiger charge is 2.35. The number of allylic oxidation sites excluding steroid dienone is 1. The van der Waals surface area contributed by atoms with Crippen LogP contribution in [0.25, 0.3) is 17.4 Å². The van der Waals surface area contributed by atoms with Gasteiger partial charge in [-0.2, -0.15) is 0 Å². The quantitative estimate of drug-likeness (QED) is 0.277. The van der Waals surface area contributed by atoms with E-state index in [4.69, 9.17) is 18.6 Å². The van der Waals surface area contributed by atoms with E-state index in [2.05, 4.69) is 4.99 Å². The van der Waals surface area contributed by atoms with Crippen LogP contribution in [0.15, 0.2) is 86.1 Å². The van der Waals surface area contributed by atoms with Gasteiger partial charge in [-0.15, -0.1) is 0 Å². The lowest BCUT2D eigenvalue weighted by Crippen LogP contribution is -2.40. The Morgan fingerprint density at radius 2 is 1.88 bits per heavy atom. The molecule has 0 fully saturated rings. The summed E-state index contributed by atoms with van der Waals surface area (Å²) in [6, 6.07) is 17.0. The summed E-state index contributed by atoms with van der Waals surface area (Å²) in [6.07, 6.45) is 1.52. The molecule has 1 aliphatic heterocycles. The van der Waals surface area contributed by atoms with Crippen molar-refractivity contribution in [1.29, 1.82) is 0 Å². The van der Waals surface area contributed by atoms with E-state index < -0.39 is 18.0 Å². The van der Waals surface area contributed by atoms with Gasteiger partial charge in [-0.05, 0) is 58.0 Å². The number of methoxy groups -OCH3 is 1. The molecule has 0 N–H and O–H groups in total. The molecule has 0 bridgehead atoms. The molecule has 9 nitrogen and oxygen atoms in total. The zero-order valence-electron chi connectivity index (χ0n) is 23.9. The van der Waals surface area contributed by atoms with Gasteiger partial charge >= 0.3 is 11.9 Å². The van der Waals surface area contributed by atoms with Gasteiger partial charge in [0, 0.05) is 17.2 Å². The van der Waals surface area contributed by atoms with Crippen LogP contribution in [-0.4, -0.2) is 36.3 Å². The molecule has 0 saturated carbocycles. The van der Waals surface area contributed by atoms with Gasteiger partial charge in [0.05, 0.1) is 41.2 Å². The lowest BCUT2D eigenvalue weighted by atomic mass is 9.95. The predicted octanol–water partition coefficient (Wildman–Crippen LogP) is 4.63. The Bertz CT molecular complexity index is 1880. The maximum absolute atomic E-state index is 14.0. The number of furan rings is 1. The first kappa shape index (κ1) is 28.8. The van der Waals surface area contributed by atoms with E-state index in [0.29, 0.717) is 49.0 Å². The molecule has 2 aromatic carbocycles. The van der Waals surface area contributed by atoms with Gasteiger partial charge in [-0.1, -0.05) is 41.7 Å². The average molecular weight is 587 g/mol. The second-order valence-corrected chi connectivity index (χ2v) is 10.8. The van der Waals surface area contributed by atoms with E-state index >= 15 is 0 Å². The fourth-order valence-electron chi connectivity index (χ4n) is 4.79. The third kappa shape index (κ3) is 5.58. The van der Waals surface area contributed by atoms with Crippen LogP contribution in [0.5, 0.6) is 5.75 Å². The Balaban J connectivity index is 1.63. The number of ether oxygens (including phenoxy) is 3. The first-order valence-corrected chi connectivity index (χ1v) is 14.3. The van der Waals surface area contributed by atoms with Crippen LogP contribution < -0.4 is 19.6 Å². The number of hydrogen-bond donors (Lipinski definition) is 0. The average Bonchev–Trinajstić information content (AvgIpc) is 3.56. The Kier molecular flexibility index (Phi) is 8.26. The van der Waals surface area contributed by atoms with Crippen molar-refractivity contribution >= 4 is 29.4 Å². The minimum atomic E-state index is -0.800. The van der Waals surface area contributed by atoms with Crippen LogP contribution in [0.4, 0.5) is 0 Å². The van der Waals surface area contributed by atoms with Crippen molar-refractivity contribution in [2.24, 2.45) is 4.99 Å². The summed E-state index contributed by atoms with van der Waals surface area (Å²) >= 11 is 1.20. The summed E-state index contributed by atoms with van der Waals surface area (Å²) in [4.78, 5) is 44.2. The smallest absolute Gasteiger partial charge is 0.338 e. The van der Waals surface area contributed by atoms with Crippen molar-refractivity contribution in [1.82, 2.24) is 4.57 Å². The lowest BCUT2D eigenvalue weighted by molar-refractivity contribution is -0.139. The molecular formula is C32H30N2O7S. The summed E-state index contributed by atoms with van der Waals surface area (Å²) in [5, 5.41) is 0. The second kappa shape index (κ2) is 12.0. The molecule has 1 atom stereocenters. The van der Waals surface area contributed by atoms with Gasteiger partial charge in [-0.3, -0.25) is 9.36 Å². The summed E-state index contributed by atoms with van der Waals surface area (Å²) in [6.45, 7) is 7.48. The minimum Gasteiger partial charge on any atom is -0.491 e. The van der Waals surface area contributed by atoms with Crippen LogP contribution in [0.2, 0.25) is 0 Å². The van der Waals surface area contributed by atoms with E-state index in [1.165, 1.54) is 23.0 Å². The standard InChI is InChI=1S/C32H30N2O7S/c1-6-39-31(37)27-19(4)33-32-34(28(27)23-12-7-8-13-25(23)40-18(2)3)29(35)26(42-32)17-22-14-15-24(41-22)20-10-9-11-21(16-20)30(36)38-5/h7-18,28H,6H2,1-5H3/b26-17-/t28-/m1/s1. The number of fused-ring (bicyclic) bond motifs is 1. The number of aromatic nitrogens is 1. The van der Waals surface area contributed by atoms with Crippen molar-refractivity contribution in [3.63, 3.8) is 0 Å². The van der Waals surface area contributed by atoms with E-state index in [0.717, 1.165) is 0 Å². The van der Waals surface area contributed by atoms with Crippen molar-refractivity contribution in [2.45, 2.75) is 39.8 Å². The maximum Gasteiger partial charge on any atom is 0.338 e. The number of rotatable bonds is 8. The van der Waals surface area contributed by atoms with Crippen molar-refractivity contribution in [3.8, 4) is 17.1 Å². The van der Waals surface area contributed by atoms with E-state index in [-0.39, 0.29) is 23.8 Å². The number of carbonyl (C=O) groups excluding carboxylic acids is 2. The predicted molar refractivity (Wildman–Crippen MR) is 158 cm³/mol. The second-order valence-electron chi connectivity index (χ2n) is 9.78. The summed E-state index contributed by atoms with van der Waals surface area (Å²) in [5.41, 5.74) is 2.16. The van der Waals surface area contributed by atoms with E-state index in [9.17, 15) is 14.4 Å². The summed E-state index contributed by atoms with van der Waals surface area (Å²) in [5.74, 6) is 0.547. The number of carbonyl (C=O) groups is 2. The van der Waals surface area contributed by atoms with Gasteiger partial charge in [0.2, 0.25) is 0 Å². The molecule has 2 aromatic heterocycles. The normalized spacial score (nSPS) is 14.9. The number of hydrogen-bond acceptors (Lipinski definition) is 9. The number of para-hydroxylation sites is 1. The van der Waals surface area contributed by atoms with Gasteiger partial charge < -0.3 is 18.6 Å². The molecular weight excluding hydrogens is 556 g/mol. The number of benzene rings is 2. The molecule has 4 aromatic rings. The minimum absolute atomic E-state index is 0.125. The molecule has 1 aliphatic rings. The molecule has 0 radical (unpaired) electrons. The SMILES string of the molecule is CCOC(=O)C1=C(C)N=c2s/c(=C\c3ccc(-c4cccc(C(=O)OC)c4)o3)c(=O)n2[C@@H]1c1ccccc1OC(C)C. The zero-order valence-corrected chi connectivity index (χ0v) is 24.7. The number of esters is 2. The van der Waals surface area contributed by atoms with Crippen LogP contribution in [0.3, 0.4) is 0 Å². The molecule has 0 unspecified atom stereocenters. The topological polar surface area (TPSA) is 109 Å². The van der Waals surface area contributed by atoms with E-state index in [1.54, 1.807) is 50.3 Å². The molecule has 10 heteroatoms. The van der Waals surface area contributed by atoms with Crippen molar-refractivity contribution < 1.29 is 28.2 Å². The fourth-order valence-corrected chi connectivity index (χ4v) is 5.81. The highest BCUT2D eigenvalue weighted by Crippen LogP contribution is 2.36. The fraction of sp³-hybridized carbons (Fsp3) is 0.250. The molecule has 0 aliphatic carbocycles. The zero-order chi connectivity index (χ0) is 30.0. The monoisotopic (exact) mass is 586 g/mol. The lowest BCUT2D eigenvalue weighted by Gasteiger charge is -2.26. The van der Waals surface area contributed by atoms with Gasteiger partial charge in [0.15, 0.2) is 4.80 Å². The Labute approximate surface area is 246 Å². The largest absolute Gasteiger partial charge is 0.491 e. The van der Waals surface area contributed by atoms with Crippen LogP contribution in [-0.2, 0) is 14.3 Å². The Hall–Kier alpha value is -4.70. The van der Waals surface area contributed by atoms with E-state index in [1.807, 2.05) is 44.2 Å². The number of thiazole rings is 1. The van der Waals surface area contributed by atoms with Crippen molar-refractivity contribution in [3.05, 3.63) is 109 Å². The number of nitrogens with zero attached hydrogens (tertiary/aromatic N) is 2. The highest BCUT2D eigenvalue weighted by molar-refractivity contribution is 7.07. The first-order valence-electron chi connectivity index (χ1n) is 13.5. The molecule has 0 spiro atoms. The molecule has 42 heavy (non-hydrogen) atoms. The molecule has 0 saturated heterocycles. The van der Waals surface area contributed by atoms with Crippen LogP contribution in [0.1, 0.15) is 55.4 Å². The molecule has 0 amide bonds. The Morgan fingerprint density at radius 1 is 1.10 bits per heavy atom. The third-order valence-corrected chi connectivity index (χ3v) is 7.54. The third-order valence-electron chi connectivity index (χ3n) is 6.56. The molecule has 3 heterocycles. The summed E-state index contributed by atoms with van der Waals surface area (Å²) in [7, 11) is 1.33. The molecule has 216 valence electrons.